The normalized spacial score (nSPS) is 19.9. The Hall–Kier alpha value is -1.26. The number of carbonyl (C=O) groups excluding carboxylic acids is 2. The number of urea groups is 1. The summed E-state index contributed by atoms with van der Waals surface area (Å²) in [5.41, 5.74) is 0. The van der Waals surface area contributed by atoms with Crippen LogP contribution in [0.25, 0.3) is 0 Å². The molecule has 1 rings (SSSR count). The zero-order chi connectivity index (χ0) is 12.8. The number of nitrogens with one attached hydrogen (secondary N) is 1. The van der Waals surface area contributed by atoms with Gasteiger partial charge < -0.3 is 15.1 Å². The molecule has 1 heterocycles. The fourth-order valence-electron chi connectivity index (χ4n) is 1.95. The molecule has 5 heteroatoms. The fraction of sp³-hybridized carbons (Fsp3) is 0.833. The predicted octanol–water partition coefficient (Wildman–Crippen LogP) is 0.906. The highest BCUT2D eigenvalue weighted by atomic mass is 16.2. The van der Waals surface area contributed by atoms with Crippen molar-refractivity contribution in [3.63, 3.8) is 0 Å². The van der Waals surface area contributed by atoms with Crippen molar-refractivity contribution in [3.8, 4) is 0 Å². The van der Waals surface area contributed by atoms with E-state index in [4.69, 9.17) is 0 Å². The van der Waals surface area contributed by atoms with Crippen LogP contribution in [0.2, 0.25) is 0 Å². The minimum atomic E-state index is -0.116. The van der Waals surface area contributed by atoms with Crippen LogP contribution < -0.4 is 5.32 Å². The molecule has 0 aromatic rings. The van der Waals surface area contributed by atoms with Crippen molar-refractivity contribution in [2.45, 2.75) is 26.7 Å². The Kier molecular flexibility index (Phi) is 5.25. The minimum Gasteiger partial charge on any atom is -0.345 e. The van der Waals surface area contributed by atoms with E-state index in [0.717, 1.165) is 19.5 Å². The lowest BCUT2D eigenvalue weighted by atomic mass is 10.0. The number of rotatable bonds is 3. The lowest BCUT2D eigenvalue weighted by Gasteiger charge is -2.31. The zero-order valence-electron chi connectivity index (χ0n) is 11.0. The Morgan fingerprint density at radius 3 is 2.76 bits per heavy atom. The van der Waals surface area contributed by atoms with E-state index in [1.165, 1.54) is 6.42 Å². The molecule has 1 aliphatic rings. The summed E-state index contributed by atoms with van der Waals surface area (Å²) in [6, 6.07) is -0.116. The molecule has 17 heavy (non-hydrogen) atoms. The maximum Gasteiger partial charge on any atom is 0.317 e. The van der Waals surface area contributed by atoms with Crippen LogP contribution in [-0.4, -0.2) is 55.0 Å². The Bertz CT molecular complexity index is 281. The predicted molar refractivity (Wildman–Crippen MR) is 66.7 cm³/mol. The number of nitrogens with zero attached hydrogens (tertiary/aromatic N) is 2. The Labute approximate surface area is 103 Å². The van der Waals surface area contributed by atoms with Gasteiger partial charge >= 0.3 is 6.03 Å². The first-order valence-electron chi connectivity index (χ1n) is 6.31. The molecule has 1 atom stereocenters. The lowest BCUT2D eigenvalue weighted by molar-refractivity contribution is -0.128. The molecule has 3 amide bonds. The summed E-state index contributed by atoms with van der Waals surface area (Å²) in [4.78, 5) is 26.7. The first-order valence-corrected chi connectivity index (χ1v) is 6.31. The standard InChI is InChI=1S/C12H23N3O2/c1-4-14(3)11(16)8-13-12(17)15-7-5-6-10(2)9-15/h10H,4-9H2,1-3H3,(H,13,17). The number of likely N-dealkylation sites (tertiary alicyclic amines) is 1. The highest BCUT2D eigenvalue weighted by molar-refractivity contribution is 5.83. The molecule has 0 spiro atoms. The highest BCUT2D eigenvalue weighted by Crippen LogP contribution is 2.14. The summed E-state index contributed by atoms with van der Waals surface area (Å²) in [6.07, 6.45) is 2.23. The second-order valence-corrected chi connectivity index (χ2v) is 4.76. The first kappa shape index (κ1) is 13.8. The molecule has 0 bridgehead atoms. The summed E-state index contributed by atoms with van der Waals surface area (Å²) < 4.78 is 0. The van der Waals surface area contributed by atoms with Gasteiger partial charge in [-0.25, -0.2) is 4.79 Å². The van der Waals surface area contributed by atoms with E-state index in [-0.39, 0.29) is 18.5 Å². The number of carbonyl (C=O) groups is 2. The van der Waals surface area contributed by atoms with Gasteiger partial charge in [-0.15, -0.1) is 0 Å². The minimum absolute atomic E-state index is 0.0501. The van der Waals surface area contributed by atoms with E-state index in [1.54, 1.807) is 16.8 Å². The summed E-state index contributed by atoms with van der Waals surface area (Å²) in [7, 11) is 1.73. The number of piperidine rings is 1. The number of amides is 3. The third-order valence-corrected chi connectivity index (χ3v) is 3.24. The van der Waals surface area contributed by atoms with Crippen LogP contribution in [0.15, 0.2) is 0 Å². The van der Waals surface area contributed by atoms with Gasteiger partial charge in [-0.2, -0.15) is 0 Å². The Morgan fingerprint density at radius 1 is 1.47 bits per heavy atom. The van der Waals surface area contributed by atoms with Gasteiger partial charge in [0.05, 0.1) is 6.54 Å². The zero-order valence-corrected chi connectivity index (χ0v) is 11.0. The van der Waals surface area contributed by atoms with Crippen LogP contribution >= 0.6 is 0 Å². The molecule has 0 aliphatic carbocycles. The molecule has 1 aliphatic heterocycles. The van der Waals surface area contributed by atoms with Crippen molar-refractivity contribution in [2.24, 2.45) is 5.92 Å². The van der Waals surface area contributed by atoms with Gasteiger partial charge in [-0.1, -0.05) is 6.92 Å². The van der Waals surface area contributed by atoms with Gasteiger partial charge in [0.1, 0.15) is 0 Å². The van der Waals surface area contributed by atoms with Crippen molar-refractivity contribution >= 4 is 11.9 Å². The maximum absolute atomic E-state index is 11.8. The molecule has 0 aromatic carbocycles. The number of likely N-dealkylation sites (N-methyl/N-ethyl adjacent to an activating group) is 1. The molecule has 0 saturated carbocycles. The second kappa shape index (κ2) is 6.47. The van der Waals surface area contributed by atoms with Crippen molar-refractivity contribution in [1.82, 2.24) is 15.1 Å². The monoisotopic (exact) mass is 241 g/mol. The van der Waals surface area contributed by atoms with Crippen LogP contribution in [0, 0.1) is 5.92 Å². The smallest absolute Gasteiger partial charge is 0.317 e. The molecule has 1 N–H and O–H groups in total. The molecule has 5 nitrogen and oxygen atoms in total. The van der Waals surface area contributed by atoms with E-state index >= 15 is 0 Å². The van der Waals surface area contributed by atoms with E-state index in [9.17, 15) is 9.59 Å². The molecular formula is C12H23N3O2. The fourth-order valence-corrected chi connectivity index (χ4v) is 1.95. The van der Waals surface area contributed by atoms with Crippen LogP contribution in [0.5, 0.6) is 0 Å². The van der Waals surface area contributed by atoms with Gasteiger partial charge in [0, 0.05) is 26.7 Å². The van der Waals surface area contributed by atoms with Crippen LogP contribution in [-0.2, 0) is 4.79 Å². The van der Waals surface area contributed by atoms with Gasteiger partial charge in [0.2, 0.25) is 5.91 Å². The summed E-state index contributed by atoms with van der Waals surface area (Å²) >= 11 is 0. The Balaban J connectivity index is 2.31. The molecular weight excluding hydrogens is 218 g/mol. The lowest BCUT2D eigenvalue weighted by Crippen LogP contribution is -2.47. The van der Waals surface area contributed by atoms with Gasteiger partial charge in [0.15, 0.2) is 0 Å². The van der Waals surface area contributed by atoms with E-state index in [2.05, 4.69) is 12.2 Å². The van der Waals surface area contributed by atoms with Gasteiger partial charge in [0.25, 0.3) is 0 Å². The quantitative estimate of drug-likeness (QED) is 0.798. The number of hydrogen-bond acceptors (Lipinski definition) is 2. The summed E-state index contributed by atoms with van der Waals surface area (Å²) in [5.74, 6) is 0.509. The summed E-state index contributed by atoms with van der Waals surface area (Å²) in [6.45, 7) is 6.41. The van der Waals surface area contributed by atoms with Crippen molar-refractivity contribution in [2.75, 3.05) is 33.2 Å². The van der Waals surface area contributed by atoms with Crippen molar-refractivity contribution in [1.29, 1.82) is 0 Å². The van der Waals surface area contributed by atoms with Crippen molar-refractivity contribution < 1.29 is 9.59 Å². The molecule has 1 unspecified atom stereocenters. The largest absolute Gasteiger partial charge is 0.345 e. The van der Waals surface area contributed by atoms with E-state index in [0.29, 0.717) is 12.5 Å². The molecule has 0 aromatic heterocycles. The average molecular weight is 241 g/mol. The van der Waals surface area contributed by atoms with Crippen LogP contribution in [0.4, 0.5) is 4.79 Å². The van der Waals surface area contributed by atoms with Gasteiger partial charge in [-0.3, -0.25) is 4.79 Å². The van der Waals surface area contributed by atoms with E-state index < -0.39 is 0 Å². The first-order chi connectivity index (χ1) is 8.04. The van der Waals surface area contributed by atoms with Crippen molar-refractivity contribution in [3.05, 3.63) is 0 Å². The third kappa shape index (κ3) is 4.24. The maximum atomic E-state index is 11.8. The third-order valence-electron chi connectivity index (χ3n) is 3.24. The highest BCUT2D eigenvalue weighted by Gasteiger charge is 2.21. The molecule has 0 radical (unpaired) electrons. The summed E-state index contributed by atoms with van der Waals surface area (Å²) in [5, 5.41) is 2.68. The topological polar surface area (TPSA) is 52.7 Å². The Morgan fingerprint density at radius 2 is 2.18 bits per heavy atom. The van der Waals surface area contributed by atoms with Crippen LogP contribution in [0.3, 0.4) is 0 Å². The SMILES string of the molecule is CCN(C)C(=O)CNC(=O)N1CCCC(C)C1. The molecule has 98 valence electrons. The van der Waals surface area contributed by atoms with E-state index in [1.807, 2.05) is 6.92 Å². The molecule has 1 fully saturated rings. The van der Waals surface area contributed by atoms with Crippen LogP contribution in [0.1, 0.15) is 26.7 Å². The second-order valence-electron chi connectivity index (χ2n) is 4.76. The van der Waals surface area contributed by atoms with Gasteiger partial charge in [-0.05, 0) is 25.7 Å². The number of hydrogen-bond donors (Lipinski definition) is 1. The molecule has 1 saturated heterocycles. The average Bonchev–Trinajstić information content (AvgIpc) is 2.34.